The van der Waals surface area contributed by atoms with Crippen molar-refractivity contribution in [2.75, 3.05) is 26.7 Å². The van der Waals surface area contributed by atoms with Gasteiger partial charge < -0.3 is 14.5 Å². The molecule has 1 saturated heterocycles. The van der Waals surface area contributed by atoms with Gasteiger partial charge in [0, 0.05) is 45.3 Å². The van der Waals surface area contributed by atoms with Crippen LogP contribution in [-0.4, -0.2) is 48.4 Å². The van der Waals surface area contributed by atoms with E-state index >= 15 is 0 Å². The SMILES string of the molecule is CO[C@@H](C(=O)N1CCC(=O)N(Cc2ccccc2F)CC1)c1ccccc1. The Morgan fingerprint density at radius 3 is 2.48 bits per heavy atom. The molecule has 5 nitrogen and oxygen atoms in total. The Labute approximate surface area is 158 Å². The summed E-state index contributed by atoms with van der Waals surface area (Å²) in [6.45, 7) is 1.30. The first-order valence-corrected chi connectivity index (χ1v) is 8.98. The van der Waals surface area contributed by atoms with Gasteiger partial charge in [-0.1, -0.05) is 48.5 Å². The molecule has 1 atom stereocenters. The van der Waals surface area contributed by atoms with Crippen molar-refractivity contribution in [3.05, 3.63) is 71.5 Å². The first-order valence-electron chi connectivity index (χ1n) is 8.98. The predicted molar refractivity (Wildman–Crippen MR) is 99.2 cm³/mol. The van der Waals surface area contributed by atoms with Crippen LogP contribution in [0.2, 0.25) is 0 Å². The molecule has 27 heavy (non-hydrogen) atoms. The largest absolute Gasteiger partial charge is 0.367 e. The normalized spacial score (nSPS) is 16.1. The average Bonchev–Trinajstić information content (AvgIpc) is 2.87. The molecule has 1 heterocycles. The third-order valence-corrected chi connectivity index (χ3v) is 4.78. The highest BCUT2D eigenvalue weighted by Gasteiger charge is 2.29. The third kappa shape index (κ3) is 4.52. The zero-order chi connectivity index (χ0) is 19.2. The Bertz CT molecular complexity index is 797. The van der Waals surface area contributed by atoms with Crippen LogP contribution in [0.25, 0.3) is 0 Å². The number of hydrogen-bond donors (Lipinski definition) is 0. The van der Waals surface area contributed by atoms with Crippen LogP contribution in [0.15, 0.2) is 54.6 Å². The fourth-order valence-electron chi connectivity index (χ4n) is 3.26. The molecule has 0 unspecified atom stereocenters. The summed E-state index contributed by atoms with van der Waals surface area (Å²) in [7, 11) is 1.50. The number of rotatable bonds is 5. The van der Waals surface area contributed by atoms with Gasteiger partial charge in [0.25, 0.3) is 5.91 Å². The summed E-state index contributed by atoms with van der Waals surface area (Å²) in [4.78, 5) is 28.6. The van der Waals surface area contributed by atoms with Crippen molar-refractivity contribution in [2.45, 2.75) is 19.1 Å². The molecule has 3 rings (SSSR count). The van der Waals surface area contributed by atoms with Gasteiger partial charge in [-0.25, -0.2) is 4.39 Å². The van der Waals surface area contributed by atoms with Crippen molar-refractivity contribution < 1.29 is 18.7 Å². The molecule has 142 valence electrons. The van der Waals surface area contributed by atoms with Crippen LogP contribution < -0.4 is 0 Å². The second-order valence-electron chi connectivity index (χ2n) is 6.51. The van der Waals surface area contributed by atoms with Gasteiger partial charge in [0.05, 0.1) is 0 Å². The number of carbonyl (C=O) groups excluding carboxylic acids is 2. The lowest BCUT2D eigenvalue weighted by Crippen LogP contribution is -2.38. The van der Waals surface area contributed by atoms with Crippen LogP contribution in [0.5, 0.6) is 0 Å². The van der Waals surface area contributed by atoms with Crippen LogP contribution >= 0.6 is 0 Å². The summed E-state index contributed by atoms with van der Waals surface area (Å²) in [5.41, 5.74) is 1.26. The molecule has 1 aliphatic rings. The molecule has 2 amide bonds. The molecule has 1 fully saturated rings. The van der Waals surface area contributed by atoms with Gasteiger partial charge >= 0.3 is 0 Å². The number of carbonyl (C=O) groups is 2. The molecule has 2 aromatic rings. The monoisotopic (exact) mass is 370 g/mol. The average molecular weight is 370 g/mol. The van der Waals surface area contributed by atoms with E-state index in [0.29, 0.717) is 25.2 Å². The van der Waals surface area contributed by atoms with Crippen molar-refractivity contribution in [3.8, 4) is 0 Å². The highest BCUT2D eigenvalue weighted by atomic mass is 19.1. The number of hydrogen-bond acceptors (Lipinski definition) is 3. The van der Waals surface area contributed by atoms with Crippen LogP contribution in [0.4, 0.5) is 4.39 Å². The predicted octanol–water partition coefficient (Wildman–Crippen LogP) is 2.77. The second kappa shape index (κ2) is 8.77. The van der Waals surface area contributed by atoms with Crippen molar-refractivity contribution in [3.63, 3.8) is 0 Å². The molecular formula is C21H23FN2O3. The highest BCUT2D eigenvalue weighted by molar-refractivity contribution is 5.84. The van der Waals surface area contributed by atoms with Crippen molar-refractivity contribution in [2.24, 2.45) is 0 Å². The van der Waals surface area contributed by atoms with E-state index in [1.165, 1.54) is 13.2 Å². The van der Waals surface area contributed by atoms with Crippen LogP contribution in [0, 0.1) is 5.82 Å². The number of halogens is 1. The summed E-state index contributed by atoms with van der Waals surface area (Å²) < 4.78 is 19.3. The first kappa shape index (κ1) is 19.0. The topological polar surface area (TPSA) is 49.9 Å². The van der Waals surface area contributed by atoms with Gasteiger partial charge in [0.15, 0.2) is 6.10 Å². The van der Waals surface area contributed by atoms with Crippen LogP contribution in [0.3, 0.4) is 0 Å². The minimum Gasteiger partial charge on any atom is -0.367 e. The zero-order valence-corrected chi connectivity index (χ0v) is 15.3. The van der Waals surface area contributed by atoms with E-state index in [1.54, 1.807) is 28.0 Å². The van der Waals surface area contributed by atoms with E-state index in [0.717, 1.165) is 5.56 Å². The number of benzene rings is 2. The molecule has 0 aliphatic carbocycles. The van der Waals surface area contributed by atoms with Crippen LogP contribution in [0.1, 0.15) is 23.7 Å². The van der Waals surface area contributed by atoms with E-state index in [2.05, 4.69) is 0 Å². The Hall–Kier alpha value is -2.73. The minimum absolute atomic E-state index is 0.0813. The van der Waals surface area contributed by atoms with E-state index in [1.807, 2.05) is 30.3 Å². The van der Waals surface area contributed by atoms with Gasteiger partial charge in [0.1, 0.15) is 5.82 Å². The lowest BCUT2D eigenvalue weighted by molar-refractivity contribution is -0.142. The first-order chi connectivity index (χ1) is 13.1. The standard InChI is InChI=1S/C21H23FN2O3/c1-27-20(16-7-3-2-4-8-16)21(26)23-12-11-19(25)24(14-13-23)15-17-9-5-6-10-18(17)22/h2-10,20H,11-15H2,1H3/t20-/m1/s1. The van der Waals surface area contributed by atoms with Gasteiger partial charge in [-0.15, -0.1) is 0 Å². The molecule has 1 aliphatic heterocycles. The maximum Gasteiger partial charge on any atom is 0.256 e. The number of nitrogens with zero attached hydrogens (tertiary/aromatic N) is 2. The maximum atomic E-state index is 13.9. The van der Waals surface area contributed by atoms with E-state index in [9.17, 15) is 14.0 Å². The molecule has 0 N–H and O–H groups in total. The molecule has 2 aromatic carbocycles. The Morgan fingerprint density at radius 1 is 1.07 bits per heavy atom. The second-order valence-corrected chi connectivity index (χ2v) is 6.51. The summed E-state index contributed by atoms with van der Waals surface area (Å²) in [6.07, 6.45) is -0.481. The van der Waals surface area contributed by atoms with Crippen molar-refractivity contribution in [1.29, 1.82) is 0 Å². The molecule has 0 radical (unpaired) electrons. The molecule has 0 saturated carbocycles. The summed E-state index contributed by atoms with van der Waals surface area (Å²) in [5, 5.41) is 0. The Kier molecular flexibility index (Phi) is 6.19. The fourth-order valence-corrected chi connectivity index (χ4v) is 3.26. The smallest absolute Gasteiger partial charge is 0.256 e. The van der Waals surface area contributed by atoms with Gasteiger partial charge in [-0.3, -0.25) is 9.59 Å². The van der Waals surface area contributed by atoms with E-state index in [-0.39, 0.29) is 30.6 Å². The van der Waals surface area contributed by atoms with Crippen molar-refractivity contribution >= 4 is 11.8 Å². The lowest BCUT2D eigenvalue weighted by atomic mass is 10.1. The Balaban J connectivity index is 1.69. The molecule has 6 heteroatoms. The maximum absolute atomic E-state index is 13.9. The third-order valence-electron chi connectivity index (χ3n) is 4.78. The lowest BCUT2D eigenvalue weighted by Gasteiger charge is -2.26. The molecule has 0 spiro atoms. The summed E-state index contributed by atoms with van der Waals surface area (Å²) in [5.74, 6) is -0.572. The Morgan fingerprint density at radius 2 is 1.78 bits per heavy atom. The van der Waals surface area contributed by atoms with Gasteiger partial charge in [-0.05, 0) is 11.6 Å². The van der Waals surface area contributed by atoms with Gasteiger partial charge in [0.2, 0.25) is 5.91 Å². The molecule has 0 aromatic heterocycles. The van der Waals surface area contributed by atoms with Crippen LogP contribution in [-0.2, 0) is 20.9 Å². The number of amides is 2. The van der Waals surface area contributed by atoms with E-state index < -0.39 is 6.10 Å². The summed E-state index contributed by atoms with van der Waals surface area (Å²) >= 11 is 0. The highest BCUT2D eigenvalue weighted by Crippen LogP contribution is 2.21. The van der Waals surface area contributed by atoms with Gasteiger partial charge in [-0.2, -0.15) is 0 Å². The zero-order valence-electron chi connectivity index (χ0n) is 15.3. The molecule has 0 bridgehead atoms. The fraction of sp³-hybridized carbons (Fsp3) is 0.333. The summed E-state index contributed by atoms with van der Waals surface area (Å²) in [6, 6.07) is 15.7. The molecular weight excluding hydrogens is 347 g/mol. The van der Waals surface area contributed by atoms with E-state index in [4.69, 9.17) is 4.74 Å². The van der Waals surface area contributed by atoms with Crippen molar-refractivity contribution in [1.82, 2.24) is 9.80 Å². The quantitative estimate of drug-likeness (QED) is 0.813. The minimum atomic E-state index is -0.695. The number of methoxy groups -OCH3 is 1. The number of ether oxygens (including phenoxy) is 1.